The van der Waals surface area contributed by atoms with Crippen molar-refractivity contribution in [2.75, 3.05) is 61.7 Å². The zero-order valence-electron chi connectivity index (χ0n) is 49.5. The number of aromatic nitrogens is 4. The molecular weight excluding hydrogens is 1380 g/mol. The number of methoxy groups -OCH3 is 1. The summed E-state index contributed by atoms with van der Waals surface area (Å²) in [6.07, 6.45) is 11.3. The van der Waals surface area contributed by atoms with E-state index in [2.05, 4.69) is 90.6 Å². The molecule has 10 N–H and O–H groups in total. The predicted molar refractivity (Wildman–Crippen MR) is 351 cm³/mol. The number of aromatic hydroxyl groups is 1. The SMILES string of the molecule is C=CCCBr.C=CCCOc1ccc(N)c(S)c1.C=CCCOc1ccc2nc(CC#N)sc2c1.C=CCCOc1ccc2nc(N)sc2c1.COc1ccc2nc(N)sc2c1.Cl.Nc1nc2ccc(O)cc2s1.O=CO[O-].[C-]#[N+]CC#N.[H-].[K+].[K+].[K+].[OH-]. The summed E-state index contributed by atoms with van der Waals surface area (Å²) in [7, 11) is 1.64. The van der Waals surface area contributed by atoms with Crippen LogP contribution in [0.15, 0.2) is 147 Å². The van der Waals surface area contributed by atoms with Crippen molar-refractivity contribution in [3.05, 3.63) is 158 Å². The first kappa shape index (κ1) is 90.1. The molecule has 0 saturated heterocycles. The topological polar surface area (TPSA) is 344 Å². The molecule has 0 saturated carbocycles. The monoisotopic (exact) mass is 1440 g/mol. The summed E-state index contributed by atoms with van der Waals surface area (Å²) in [5, 5.41) is 37.3. The van der Waals surface area contributed by atoms with E-state index in [1.54, 1.807) is 48.8 Å². The Morgan fingerprint density at radius 3 is 1.39 bits per heavy atom. The summed E-state index contributed by atoms with van der Waals surface area (Å²) in [5.74, 6) is 3.58. The molecule has 5 aromatic carbocycles. The molecular formula is C57H64BrClK3N11O9S5. The van der Waals surface area contributed by atoms with Crippen LogP contribution in [0.25, 0.3) is 45.7 Å². The number of nitrogen functional groups attached to an aromatic ring is 4. The third-order valence-electron chi connectivity index (χ3n) is 9.29. The Morgan fingerprint density at radius 2 is 1.03 bits per heavy atom. The van der Waals surface area contributed by atoms with E-state index in [9.17, 15) is 0 Å². The number of nitrogens with two attached hydrogens (primary N) is 4. The number of thiazole rings is 4. The van der Waals surface area contributed by atoms with Crippen LogP contribution in [0, 0.1) is 29.2 Å². The van der Waals surface area contributed by atoms with E-state index in [4.69, 9.17) is 74.1 Å². The number of carbonyl (C=O) groups excluding carboxylic acids is 1. The third-order valence-corrected chi connectivity index (χ3v) is 13.7. The number of alkyl halides is 1. The van der Waals surface area contributed by atoms with Gasteiger partial charge in [0.15, 0.2) is 15.4 Å². The number of thiol groups is 1. The third kappa shape index (κ3) is 38.2. The number of anilines is 4. The van der Waals surface area contributed by atoms with E-state index >= 15 is 0 Å². The van der Waals surface area contributed by atoms with Gasteiger partial charge in [0.05, 0.1) is 80.3 Å². The van der Waals surface area contributed by atoms with Crippen LogP contribution in [0.1, 0.15) is 32.1 Å². The van der Waals surface area contributed by atoms with Crippen LogP contribution < -0.4 is 201 Å². The summed E-state index contributed by atoms with van der Waals surface area (Å²) in [4.78, 5) is 31.4. The quantitative estimate of drug-likeness (QED) is 0.00631. The van der Waals surface area contributed by atoms with Crippen molar-refractivity contribution in [3.63, 3.8) is 0 Å². The minimum atomic E-state index is -0.181. The Balaban J connectivity index is -0.000000306. The Labute approximate surface area is 671 Å². The van der Waals surface area contributed by atoms with Crippen molar-refractivity contribution < 1.29 is 200 Å². The van der Waals surface area contributed by atoms with Gasteiger partial charge in [-0.15, -0.1) is 62.7 Å². The number of allylic oxidation sites excluding steroid dienone is 1. The maximum absolute atomic E-state index is 9.08. The molecule has 9 aromatic rings. The summed E-state index contributed by atoms with van der Waals surface area (Å²) < 4.78 is 25.7. The van der Waals surface area contributed by atoms with Gasteiger partial charge in [0.1, 0.15) is 39.8 Å². The molecule has 4 aromatic heterocycles. The zero-order chi connectivity index (χ0) is 60.5. The van der Waals surface area contributed by atoms with Gasteiger partial charge in [0, 0.05) is 15.9 Å². The fourth-order valence-electron chi connectivity index (χ4n) is 5.69. The molecule has 30 heteroatoms. The normalized spacial score (nSPS) is 8.89. The molecule has 0 atom stereocenters. The Kier molecular flexibility index (Phi) is 57.5. The molecule has 20 nitrogen and oxygen atoms in total. The summed E-state index contributed by atoms with van der Waals surface area (Å²) in [5.41, 5.74) is 26.5. The van der Waals surface area contributed by atoms with Gasteiger partial charge in [-0.2, -0.15) is 10.5 Å². The van der Waals surface area contributed by atoms with Crippen molar-refractivity contribution in [2.24, 2.45) is 0 Å². The van der Waals surface area contributed by atoms with Crippen molar-refractivity contribution >= 4 is 155 Å². The predicted octanol–water partition coefficient (Wildman–Crippen LogP) is 4.33. The molecule has 0 aliphatic heterocycles. The van der Waals surface area contributed by atoms with E-state index in [-0.39, 0.29) is 192 Å². The van der Waals surface area contributed by atoms with Gasteiger partial charge in [-0.3, -0.25) is 4.79 Å². The van der Waals surface area contributed by atoms with Crippen molar-refractivity contribution in [2.45, 2.75) is 37.0 Å². The number of phenolic OH excluding ortho intramolecular Hbond substituents is 1. The number of rotatable bonds is 17. The molecule has 0 fully saturated rings. The van der Waals surface area contributed by atoms with Gasteiger partial charge in [-0.25, -0.2) is 26.5 Å². The number of halogens is 2. The second-order valence-corrected chi connectivity index (χ2v) is 20.9. The van der Waals surface area contributed by atoms with E-state index < -0.39 is 0 Å². The molecule has 0 bridgehead atoms. The first-order valence-corrected chi connectivity index (χ1v) is 28.9. The van der Waals surface area contributed by atoms with Gasteiger partial charge < -0.3 is 68.9 Å². The zero-order valence-corrected chi connectivity index (χ0v) is 64.4. The fourth-order valence-corrected chi connectivity index (χ4v) is 9.43. The molecule has 0 radical (unpaired) electrons. The number of nitrogens with zero attached hydrogens (tertiary/aromatic N) is 7. The second-order valence-electron chi connectivity index (χ2n) is 15.3. The van der Waals surface area contributed by atoms with Gasteiger partial charge >= 0.3 is 154 Å². The average Bonchev–Trinajstić information content (AvgIpc) is 4.43. The number of hydrogen-bond acceptors (Lipinski definition) is 24. The van der Waals surface area contributed by atoms with Crippen LogP contribution in [0.4, 0.5) is 21.1 Å². The largest absolute Gasteiger partial charge is 1.00 e. The molecule has 0 amide bonds. The van der Waals surface area contributed by atoms with Gasteiger partial charge in [-0.1, -0.05) is 74.2 Å². The second kappa shape index (κ2) is 55.5. The van der Waals surface area contributed by atoms with E-state index in [1.807, 2.05) is 91.0 Å². The Bertz CT molecular complexity index is 3540. The van der Waals surface area contributed by atoms with E-state index in [0.29, 0.717) is 47.3 Å². The smallest absolute Gasteiger partial charge is 1.00 e. The number of carbonyl (C=O) groups is 1. The van der Waals surface area contributed by atoms with Gasteiger partial charge in [-0.05, 0) is 117 Å². The number of benzene rings is 5. The molecule has 4 heterocycles. The Morgan fingerprint density at radius 1 is 0.655 bits per heavy atom. The molecule has 0 unspecified atom stereocenters. The number of fused-ring (bicyclic) bond motifs is 4. The van der Waals surface area contributed by atoms with Crippen LogP contribution in [-0.2, 0) is 16.1 Å². The molecule has 448 valence electrons. The first-order chi connectivity index (χ1) is 39.6. The van der Waals surface area contributed by atoms with E-state index in [0.717, 1.165) is 105 Å². The number of phenols is 1. The molecule has 0 aliphatic rings. The van der Waals surface area contributed by atoms with Crippen LogP contribution in [0.3, 0.4) is 0 Å². The molecule has 0 spiro atoms. The number of nitriles is 2. The summed E-state index contributed by atoms with van der Waals surface area (Å²) in [6.45, 7) is 22.2. The molecule has 0 aliphatic carbocycles. The molecule has 87 heavy (non-hydrogen) atoms. The van der Waals surface area contributed by atoms with Crippen LogP contribution in [-0.4, -0.2) is 75.8 Å². The fraction of sp³-hybridized carbons (Fsp3) is 0.193. The summed E-state index contributed by atoms with van der Waals surface area (Å²) in [6, 6.07) is 31.5. The number of hydrogen-bond donors (Lipinski definition) is 6. The minimum Gasteiger partial charge on any atom is -1.00 e. The Hall–Kier alpha value is -3.29. The average molecular weight is 1440 g/mol. The summed E-state index contributed by atoms with van der Waals surface area (Å²) >= 11 is 13.3. The van der Waals surface area contributed by atoms with Crippen molar-refractivity contribution in [1.82, 2.24) is 19.9 Å². The van der Waals surface area contributed by atoms with Crippen LogP contribution >= 0.6 is 86.3 Å². The first-order valence-electron chi connectivity index (χ1n) is 24.0. The van der Waals surface area contributed by atoms with Crippen LogP contribution in [0.5, 0.6) is 28.7 Å². The van der Waals surface area contributed by atoms with Gasteiger partial charge in [0.2, 0.25) is 0 Å². The van der Waals surface area contributed by atoms with Crippen LogP contribution in [0.2, 0.25) is 0 Å². The standard InChI is InChI=1S/C13H12N2OS.C11H12N2OS.C10H13NOS.C8H8N2OS.C7H6N2OS.C4H7Br.C3H2N2.CH2O3.ClH.3K.H2O.H/c1-2-3-8-16-10-4-5-11-12(9-10)17-13(15-11)6-7-14;1-2-3-6-14-8-4-5-9-10(7-8)15-11(12)13-9;1-2-3-6-12-8-4-5-9(11)10(13)7-8;1-11-5-2-3-6-7(4-5)12-8(9)10-6;8-7-9-5-2-1-4(10)3-6(5)11-7;1-2-3-4-5;1-5-3-2-4;2-1-4-3;;;;;;/h2,4-5,9H,1,3,6,8H2;2,4-5,7H,1,3,6H2,(H2,12,13);2,4-5,7,13H,1,3,6,11H2;2-4H,1H3,(H2,9,10);1-3,10H,(H2,8,9);2H,1,3-4H2;3H2;1,3H;1H;;;;1H2;/q;;;;;;;;;3*+1;;-1/p-2. The number of ether oxygens (including phenoxy) is 4. The van der Waals surface area contributed by atoms with Crippen molar-refractivity contribution in [1.29, 1.82) is 10.5 Å². The van der Waals surface area contributed by atoms with E-state index in [1.165, 1.54) is 34.0 Å². The van der Waals surface area contributed by atoms with Gasteiger partial charge in [0.25, 0.3) is 13.0 Å². The van der Waals surface area contributed by atoms with Crippen molar-refractivity contribution in [3.8, 4) is 40.9 Å². The maximum Gasteiger partial charge on any atom is 1.00 e. The minimum absolute atomic E-state index is 0. The molecule has 9 rings (SSSR count). The maximum atomic E-state index is 9.08.